The molecule has 1 aromatic heterocycles. The number of aromatic amines is 1. The van der Waals surface area contributed by atoms with Gasteiger partial charge >= 0.3 is 0 Å². The molecule has 0 atom stereocenters. The number of rotatable bonds is 5. The van der Waals surface area contributed by atoms with Crippen LogP contribution in [0, 0.1) is 6.92 Å². The number of H-pyrrole nitrogens is 1. The number of sulfonamides is 1. The summed E-state index contributed by atoms with van der Waals surface area (Å²) in [6.07, 6.45) is 1.34. The number of imidazole rings is 1. The maximum atomic E-state index is 12.1. The van der Waals surface area contributed by atoms with Gasteiger partial charge in [-0.25, -0.2) is 13.4 Å². The van der Waals surface area contributed by atoms with Gasteiger partial charge in [0.2, 0.25) is 0 Å². The second-order valence-corrected chi connectivity index (χ2v) is 5.63. The van der Waals surface area contributed by atoms with Gasteiger partial charge in [-0.3, -0.25) is 0 Å². The first-order valence-corrected chi connectivity index (χ1v) is 6.48. The third-order valence-electron chi connectivity index (χ3n) is 2.10. The molecule has 0 spiro atoms. The first-order valence-electron chi connectivity index (χ1n) is 5.04. The molecule has 0 unspecified atom stereocenters. The van der Waals surface area contributed by atoms with Crippen molar-refractivity contribution in [1.29, 1.82) is 0 Å². The largest absolute Gasteiger partial charge is 0.332 e. The van der Waals surface area contributed by atoms with Gasteiger partial charge in [0.1, 0.15) is 5.82 Å². The topological polar surface area (TPSA) is 66.1 Å². The summed E-state index contributed by atoms with van der Waals surface area (Å²) in [6.45, 7) is 9.78. The van der Waals surface area contributed by atoms with Crippen molar-refractivity contribution in [2.75, 3.05) is 13.1 Å². The molecular formula is C10H17N3O2S. The molecule has 0 radical (unpaired) electrons. The smallest absolute Gasteiger partial charge is 0.260 e. The van der Waals surface area contributed by atoms with Crippen molar-refractivity contribution < 1.29 is 8.42 Å². The fraction of sp³-hybridized carbons (Fsp3) is 0.500. The van der Waals surface area contributed by atoms with Crippen LogP contribution in [0.2, 0.25) is 0 Å². The molecule has 1 rings (SSSR count). The van der Waals surface area contributed by atoms with E-state index in [2.05, 4.69) is 16.5 Å². The molecule has 1 N–H and O–H groups in total. The molecule has 5 nitrogen and oxygen atoms in total. The molecular weight excluding hydrogens is 226 g/mol. The molecule has 6 heteroatoms. The minimum Gasteiger partial charge on any atom is -0.332 e. The Labute approximate surface area is 96.2 Å². The average Bonchev–Trinajstić information content (AvgIpc) is 2.61. The molecule has 0 aliphatic carbocycles. The number of aryl methyl sites for hydroxylation is 1. The van der Waals surface area contributed by atoms with Crippen LogP contribution in [0.1, 0.15) is 19.7 Å². The molecule has 0 fully saturated rings. The van der Waals surface area contributed by atoms with Gasteiger partial charge in [0.05, 0.1) is 6.20 Å². The maximum Gasteiger partial charge on any atom is 0.260 e. The number of hydrogen-bond donors (Lipinski definition) is 1. The van der Waals surface area contributed by atoms with Gasteiger partial charge in [-0.05, 0) is 13.8 Å². The Morgan fingerprint density at radius 2 is 2.25 bits per heavy atom. The molecule has 16 heavy (non-hydrogen) atoms. The van der Waals surface area contributed by atoms with Crippen LogP contribution < -0.4 is 0 Å². The normalized spacial score (nSPS) is 12.0. The highest BCUT2D eigenvalue weighted by Crippen LogP contribution is 2.14. The van der Waals surface area contributed by atoms with Crippen LogP contribution in [-0.4, -0.2) is 35.8 Å². The predicted molar refractivity (Wildman–Crippen MR) is 62.6 cm³/mol. The minimum atomic E-state index is -3.47. The van der Waals surface area contributed by atoms with Gasteiger partial charge in [0.25, 0.3) is 10.0 Å². The first kappa shape index (κ1) is 12.9. The molecule has 0 aliphatic heterocycles. The van der Waals surface area contributed by atoms with E-state index in [0.717, 1.165) is 5.57 Å². The van der Waals surface area contributed by atoms with E-state index in [9.17, 15) is 8.42 Å². The lowest BCUT2D eigenvalue weighted by Gasteiger charge is -2.19. The fourth-order valence-electron chi connectivity index (χ4n) is 1.34. The molecule has 0 bridgehead atoms. The van der Waals surface area contributed by atoms with Crippen molar-refractivity contribution in [3.63, 3.8) is 0 Å². The van der Waals surface area contributed by atoms with E-state index in [0.29, 0.717) is 18.9 Å². The summed E-state index contributed by atoms with van der Waals surface area (Å²) in [4.78, 5) is 6.63. The van der Waals surface area contributed by atoms with Gasteiger partial charge in [0, 0.05) is 13.1 Å². The van der Waals surface area contributed by atoms with Gasteiger partial charge in [-0.15, -0.1) is 0 Å². The highest BCUT2D eigenvalue weighted by atomic mass is 32.2. The van der Waals surface area contributed by atoms with Crippen LogP contribution in [0.15, 0.2) is 23.4 Å². The third-order valence-corrected chi connectivity index (χ3v) is 3.93. The summed E-state index contributed by atoms with van der Waals surface area (Å²) < 4.78 is 25.6. The third kappa shape index (κ3) is 2.70. The highest BCUT2D eigenvalue weighted by molar-refractivity contribution is 7.89. The molecule has 1 heterocycles. The highest BCUT2D eigenvalue weighted by Gasteiger charge is 2.24. The summed E-state index contributed by atoms with van der Waals surface area (Å²) in [7, 11) is -3.47. The van der Waals surface area contributed by atoms with E-state index in [-0.39, 0.29) is 5.03 Å². The van der Waals surface area contributed by atoms with Crippen molar-refractivity contribution in [2.45, 2.75) is 25.8 Å². The van der Waals surface area contributed by atoms with Crippen molar-refractivity contribution in [3.8, 4) is 0 Å². The quantitative estimate of drug-likeness (QED) is 0.793. The first-order chi connectivity index (χ1) is 7.37. The zero-order chi connectivity index (χ0) is 12.3. The second kappa shape index (κ2) is 4.80. The van der Waals surface area contributed by atoms with Crippen LogP contribution in [0.5, 0.6) is 0 Å². The van der Waals surface area contributed by atoms with E-state index in [1.807, 2.05) is 0 Å². The Kier molecular flexibility index (Phi) is 3.88. The predicted octanol–water partition coefficient (Wildman–Crippen LogP) is 1.30. The van der Waals surface area contributed by atoms with Gasteiger partial charge in [0.15, 0.2) is 5.03 Å². The van der Waals surface area contributed by atoms with Crippen LogP contribution in [0.4, 0.5) is 0 Å². The van der Waals surface area contributed by atoms with Crippen molar-refractivity contribution in [3.05, 3.63) is 24.2 Å². The molecule has 0 saturated carbocycles. The lowest BCUT2D eigenvalue weighted by Crippen LogP contribution is -2.32. The van der Waals surface area contributed by atoms with Gasteiger partial charge in [-0.1, -0.05) is 19.1 Å². The lowest BCUT2D eigenvalue weighted by atomic mass is 10.3. The average molecular weight is 243 g/mol. The second-order valence-electron chi connectivity index (χ2n) is 3.72. The maximum absolute atomic E-state index is 12.1. The Morgan fingerprint density at radius 1 is 1.62 bits per heavy atom. The van der Waals surface area contributed by atoms with Crippen LogP contribution in [0.25, 0.3) is 0 Å². The standard InChI is InChI=1S/C10H17N3O2S/c1-5-13(7-8(2)3)16(14,15)10-6-11-9(4)12-10/h6H,2,5,7H2,1,3-4H3,(H,11,12). The van der Waals surface area contributed by atoms with E-state index in [1.54, 1.807) is 20.8 Å². The monoisotopic (exact) mass is 243 g/mol. The van der Waals surface area contributed by atoms with E-state index in [1.165, 1.54) is 10.5 Å². The number of hydrogen-bond acceptors (Lipinski definition) is 3. The number of nitrogens with one attached hydrogen (secondary N) is 1. The lowest BCUT2D eigenvalue weighted by molar-refractivity contribution is 0.450. The van der Waals surface area contributed by atoms with Crippen molar-refractivity contribution in [1.82, 2.24) is 14.3 Å². The summed E-state index contributed by atoms with van der Waals surface area (Å²) in [5.74, 6) is 0.588. The van der Waals surface area contributed by atoms with E-state index >= 15 is 0 Å². The molecule has 0 aromatic carbocycles. The summed E-state index contributed by atoms with van der Waals surface area (Å²) in [5.41, 5.74) is 0.807. The minimum absolute atomic E-state index is 0.133. The van der Waals surface area contributed by atoms with Crippen molar-refractivity contribution >= 4 is 10.0 Å². The Morgan fingerprint density at radius 3 is 2.62 bits per heavy atom. The number of likely N-dealkylation sites (N-methyl/N-ethyl adjacent to an activating group) is 1. The molecule has 90 valence electrons. The SMILES string of the molecule is C=C(C)CN(CC)S(=O)(=O)c1cnc(C)[nH]1. The van der Waals surface area contributed by atoms with Crippen LogP contribution in [0.3, 0.4) is 0 Å². The molecule has 1 aromatic rings. The van der Waals surface area contributed by atoms with Crippen LogP contribution in [-0.2, 0) is 10.0 Å². The summed E-state index contributed by atoms with van der Waals surface area (Å²) >= 11 is 0. The molecule has 0 aliphatic rings. The van der Waals surface area contributed by atoms with Gasteiger partial charge < -0.3 is 4.98 Å². The fourth-order valence-corrected chi connectivity index (χ4v) is 2.81. The zero-order valence-corrected chi connectivity index (χ0v) is 10.6. The Bertz CT molecular complexity index is 476. The summed E-state index contributed by atoms with van der Waals surface area (Å²) in [5, 5.41) is 0.133. The number of aromatic nitrogens is 2. The van der Waals surface area contributed by atoms with Gasteiger partial charge in [-0.2, -0.15) is 4.31 Å². The molecule has 0 saturated heterocycles. The van der Waals surface area contributed by atoms with Crippen molar-refractivity contribution in [2.24, 2.45) is 0 Å². The zero-order valence-electron chi connectivity index (χ0n) is 9.82. The van der Waals surface area contributed by atoms with E-state index in [4.69, 9.17) is 0 Å². The van der Waals surface area contributed by atoms with Crippen LogP contribution >= 0.6 is 0 Å². The number of nitrogens with zero attached hydrogens (tertiary/aromatic N) is 2. The Balaban J connectivity index is 3.04. The summed E-state index contributed by atoms with van der Waals surface area (Å²) in [6, 6.07) is 0. The van der Waals surface area contributed by atoms with E-state index < -0.39 is 10.0 Å². The Hall–Kier alpha value is -1.14. The molecule has 0 amide bonds.